The number of benzene rings is 2. The van der Waals surface area contributed by atoms with Gasteiger partial charge in [0.2, 0.25) is 0 Å². The Morgan fingerprint density at radius 2 is 1.47 bits per heavy atom. The Morgan fingerprint density at radius 1 is 0.906 bits per heavy atom. The highest BCUT2D eigenvalue weighted by molar-refractivity contribution is 7.44. The van der Waals surface area contributed by atoms with Gasteiger partial charge in [0.1, 0.15) is 0 Å². The van der Waals surface area contributed by atoms with Gasteiger partial charge in [0.15, 0.2) is 0 Å². The minimum atomic E-state index is -1.20. The van der Waals surface area contributed by atoms with Crippen molar-refractivity contribution in [2.24, 2.45) is 0 Å². The Bertz CT molecular complexity index is 751. The first-order valence-corrected chi connectivity index (χ1v) is 13.3. The molecular weight excluding hydrogens is 415 g/mol. The van der Waals surface area contributed by atoms with Crippen LogP contribution in [0.15, 0.2) is 60.7 Å². The van der Waals surface area contributed by atoms with Crippen LogP contribution < -0.4 is 0 Å². The van der Waals surface area contributed by atoms with Crippen molar-refractivity contribution in [2.75, 3.05) is 13.2 Å². The third-order valence-corrected chi connectivity index (χ3v) is 7.71. The zero-order valence-corrected chi connectivity index (χ0v) is 20.3. The van der Waals surface area contributed by atoms with Crippen molar-refractivity contribution in [2.45, 2.75) is 76.8 Å². The third-order valence-electron chi connectivity index (χ3n) is 5.97. The van der Waals surface area contributed by atoms with Gasteiger partial charge in [-0.25, -0.2) is 4.67 Å². The largest absolute Gasteiger partial charge is 0.322 e. The van der Waals surface area contributed by atoms with E-state index in [1.54, 1.807) is 0 Å². The van der Waals surface area contributed by atoms with Gasteiger partial charge >= 0.3 is 0 Å². The maximum absolute atomic E-state index is 8.86. The molecule has 1 atom stereocenters. The second-order valence-electron chi connectivity index (χ2n) is 8.42. The van der Waals surface area contributed by atoms with E-state index in [0.717, 1.165) is 32.3 Å². The molecule has 32 heavy (non-hydrogen) atoms. The second-order valence-corrected chi connectivity index (χ2v) is 9.87. The van der Waals surface area contributed by atoms with Gasteiger partial charge in [0.25, 0.3) is 8.53 Å². The lowest BCUT2D eigenvalue weighted by atomic mass is 9.97. The lowest BCUT2D eigenvalue weighted by Crippen LogP contribution is -2.34. The first-order chi connectivity index (χ1) is 15.8. The van der Waals surface area contributed by atoms with Crippen molar-refractivity contribution in [3.63, 3.8) is 0 Å². The molecule has 3 rings (SSSR count). The minimum Gasteiger partial charge on any atom is -0.322 e. The molecule has 4 nitrogen and oxygen atoms in total. The quantitative estimate of drug-likeness (QED) is 0.217. The van der Waals surface area contributed by atoms with E-state index in [4.69, 9.17) is 14.3 Å². The van der Waals surface area contributed by atoms with Crippen LogP contribution in [0.1, 0.15) is 81.9 Å². The van der Waals surface area contributed by atoms with E-state index >= 15 is 0 Å². The van der Waals surface area contributed by atoms with Crippen molar-refractivity contribution < 1.29 is 9.05 Å². The van der Waals surface area contributed by atoms with Crippen LogP contribution in [-0.4, -0.2) is 23.9 Å². The van der Waals surface area contributed by atoms with Crippen LogP contribution in [0.25, 0.3) is 0 Å². The van der Waals surface area contributed by atoms with Gasteiger partial charge in [-0.1, -0.05) is 86.8 Å². The summed E-state index contributed by atoms with van der Waals surface area (Å²) in [7, 11) is -1.20. The second kappa shape index (κ2) is 14.4. The average Bonchev–Trinajstić information content (AvgIpc) is 3.37. The van der Waals surface area contributed by atoms with Crippen molar-refractivity contribution in [1.82, 2.24) is 4.67 Å². The van der Waals surface area contributed by atoms with Crippen LogP contribution in [0.4, 0.5) is 0 Å². The van der Waals surface area contributed by atoms with Gasteiger partial charge in [-0.2, -0.15) is 5.26 Å². The molecular formula is C27H37N2O2P. The Morgan fingerprint density at radius 3 is 2.00 bits per heavy atom. The van der Waals surface area contributed by atoms with Gasteiger partial charge in [0, 0.05) is 12.5 Å². The molecule has 1 aliphatic rings. The smallest absolute Gasteiger partial charge is 0.259 e. The predicted molar refractivity (Wildman–Crippen MR) is 132 cm³/mol. The number of hydrogen-bond donors (Lipinski definition) is 0. The van der Waals surface area contributed by atoms with Gasteiger partial charge in [-0.05, 0) is 43.2 Å². The summed E-state index contributed by atoms with van der Waals surface area (Å²) in [4.78, 5) is 0. The Kier molecular flexibility index (Phi) is 11.2. The number of nitriles is 1. The SMILES string of the molecule is CCCCOP(OCCCCC#N)N(C1CCCC1)C(c1ccccc1)c1ccccc1. The van der Waals surface area contributed by atoms with Crippen LogP contribution >= 0.6 is 8.53 Å². The van der Waals surface area contributed by atoms with Gasteiger partial charge in [0.05, 0.1) is 25.3 Å². The van der Waals surface area contributed by atoms with Crippen molar-refractivity contribution in [1.29, 1.82) is 5.26 Å². The molecule has 0 bridgehead atoms. The van der Waals surface area contributed by atoms with Crippen LogP contribution in [0.5, 0.6) is 0 Å². The Hall–Kier alpha value is -1.76. The molecule has 0 saturated heterocycles. The number of rotatable bonds is 14. The van der Waals surface area contributed by atoms with E-state index in [9.17, 15) is 0 Å². The van der Waals surface area contributed by atoms with Crippen molar-refractivity contribution >= 4 is 8.53 Å². The van der Waals surface area contributed by atoms with E-state index in [2.05, 4.69) is 78.3 Å². The maximum atomic E-state index is 8.86. The molecule has 5 heteroatoms. The van der Waals surface area contributed by atoms with E-state index < -0.39 is 8.53 Å². The molecule has 1 saturated carbocycles. The molecule has 0 amide bonds. The Balaban J connectivity index is 1.92. The van der Waals surface area contributed by atoms with Crippen molar-refractivity contribution in [3.05, 3.63) is 71.8 Å². The highest BCUT2D eigenvalue weighted by atomic mass is 31.2. The Labute approximate surface area is 195 Å². The molecule has 0 N–H and O–H groups in total. The fraction of sp³-hybridized carbons (Fsp3) is 0.519. The molecule has 2 aromatic carbocycles. The van der Waals surface area contributed by atoms with E-state index in [1.807, 2.05) is 0 Å². The summed E-state index contributed by atoms with van der Waals surface area (Å²) in [5.74, 6) is 0. The molecule has 1 aliphatic carbocycles. The molecule has 1 fully saturated rings. The molecule has 0 aliphatic heterocycles. The standard InChI is InChI=1S/C27H37N2O2P/c1-2-3-22-30-32(31-23-14-6-13-21-28)29(26-19-11-12-20-26)27(24-15-7-4-8-16-24)25-17-9-5-10-18-25/h4-5,7-10,15-18,26-27H,2-3,6,11-14,19-20,22-23H2,1H3. The molecule has 0 aromatic heterocycles. The number of nitrogens with zero attached hydrogens (tertiary/aromatic N) is 2. The summed E-state index contributed by atoms with van der Waals surface area (Å²) in [6.07, 6.45) is 9.39. The normalized spacial score (nSPS) is 15.3. The summed E-state index contributed by atoms with van der Waals surface area (Å²) >= 11 is 0. The fourth-order valence-corrected chi connectivity index (χ4v) is 6.15. The highest BCUT2D eigenvalue weighted by Gasteiger charge is 2.38. The summed E-state index contributed by atoms with van der Waals surface area (Å²) in [5.41, 5.74) is 2.57. The lowest BCUT2D eigenvalue weighted by molar-refractivity contribution is 0.163. The molecule has 1 unspecified atom stereocenters. The van der Waals surface area contributed by atoms with Crippen LogP contribution in [0.3, 0.4) is 0 Å². The molecule has 0 spiro atoms. The fourth-order valence-electron chi connectivity index (χ4n) is 4.28. The molecule has 0 heterocycles. The zero-order chi connectivity index (χ0) is 22.4. The highest BCUT2D eigenvalue weighted by Crippen LogP contribution is 2.54. The molecule has 0 radical (unpaired) electrons. The predicted octanol–water partition coefficient (Wildman–Crippen LogP) is 7.77. The average molecular weight is 453 g/mol. The summed E-state index contributed by atoms with van der Waals surface area (Å²) < 4.78 is 15.5. The van der Waals surface area contributed by atoms with Gasteiger partial charge in [-0.3, -0.25) is 0 Å². The first-order valence-electron chi connectivity index (χ1n) is 12.2. The third kappa shape index (κ3) is 7.39. The van der Waals surface area contributed by atoms with Crippen molar-refractivity contribution in [3.8, 4) is 6.07 Å². The lowest BCUT2D eigenvalue weighted by Gasteiger charge is -2.40. The monoisotopic (exact) mass is 452 g/mol. The molecule has 172 valence electrons. The number of hydrogen-bond acceptors (Lipinski definition) is 4. The van der Waals surface area contributed by atoms with Crippen LogP contribution in [-0.2, 0) is 9.05 Å². The topological polar surface area (TPSA) is 45.5 Å². The van der Waals surface area contributed by atoms with Crippen LogP contribution in [0, 0.1) is 11.3 Å². The number of unbranched alkanes of at least 4 members (excludes halogenated alkanes) is 3. The zero-order valence-electron chi connectivity index (χ0n) is 19.4. The summed E-state index contributed by atoms with van der Waals surface area (Å²) in [5, 5.41) is 8.86. The maximum Gasteiger partial charge on any atom is 0.259 e. The molecule has 2 aromatic rings. The first kappa shape index (κ1) is 24.9. The van der Waals surface area contributed by atoms with Crippen LogP contribution in [0.2, 0.25) is 0 Å². The van der Waals surface area contributed by atoms with E-state index in [-0.39, 0.29) is 6.04 Å². The van der Waals surface area contributed by atoms with E-state index in [1.165, 1.54) is 36.8 Å². The van der Waals surface area contributed by atoms with E-state index in [0.29, 0.717) is 19.1 Å². The van der Waals surface area contributed by atoms with Gasteiger partial charge in [-0.15, -0.1) is 0 Å². The minimum absolute atomic E-state index is 0.104. The van der Waals surface area contributed by atoms with Gasteiger partial charge < -0.3 is 9.05 Å². The summed E-state index contributed by atoms with van der Waals surface area (Å²) in [6.45, 7) is 3.55. The summed E-state index contributed by atoms with van der Waals surface area (Å²) in [6, 6.07) is 24.4.